The molecule has 4 nitrogen and oxygen atoms in total. The smallest absolute Gasteiger partial charge is 0.237 e. The molecule has 0 aromatic heterocycles. The van der Waals surface area contributed by atoms with E-state index in [4.69, 9.17) is 4.74 Å². The highest BCUT2D eigenvalue weighted by Crippen LogP contribution is 2.33. The first-order chi connectivity index (χ1) is 9.52. The van der Waals surface area contributed by atoms with Crippen LogP contribution in [0.2, 0.25) is 0 Å². The standard InChI is InChI=1S/C16H30N2O2/c1-16(2,8-9-20-3)11-17-15(19)14-10-12-6-4-5-7-13(12)18-14/h12-14,18H,4-11H2,1-3H3,(H,17,19). The van der Waals surface area contributed by atoms with Gasteiger partial charge in [0.15, 0.2) is 0 Å². The third kappa shape index (κ3) is 4.19. The maximum atomic E-state index is 12.3. The quantitative estimate of drug-likeness (QED) is 0.784. The fourth-order valence-corrected chi connectivity index (χ4v) is 3.44. The fraction of sp³-hybridized carbons (Fsp3) is 0.938. The Bertz CT molecular complexity index is 316. The number of hydrogen-bond acceptors (Lipinski definition) is 3. The van der Waals surface area contributed by atoms with Crippen molar-refractivity contribution in [1.82, 2.24) is 10.6 Å². The normalized spacial score (nSPS) is 30.1. The number of hydrogen-bond donors (Lipinski definition) is 2. The Hall–Kier alpha value is -0.610. The lowest BCUT2D eigenvalue weighted by atomic mass is 9.85. The second-order valence-corrected chi connectivity index (χ2v) is 7.23. The van der Waals surface area contributed by atoms with Crippen molar-refractivity contribution in [2.24, 2.45) is 11.3 Å². The number of fused-ring (bicyclic) bond motifs is 1. The maximum Gasteiger partial charge on any atom is 0.237 e. The van der Waals surface area contributed by atoms with Crippen molar-refractivity contribution in [1.29, 1.82) is 0 Å². The third-order valence-corrected chi connectivity index (χ3v) is 4.90. The minimum Gasteiger partial charge on any atom is -0.385 e. The average Bonchev–Trinajstić information content (AvgIpc) is 2.86. The van der Waals surface area contributed by atoms with Gasteiger partial charge in [0.1, 0.15) is 0 Å². The Kier molecular flexibility index (Phi) is 5.44. The van der Waals surface area contributed by atoms with E-state index < -0.39 is 0 Å². The van der Waals surface area contributed by atoms with Gasteiger partial charge in [0.25, 0.3) is 0 Å². The van der Waals surface area contributed by atoms with Crippen molar-refractivity contribution in [3.63, 3.8) is 0 Å². The number of carbonyl (C=O) groups excluding carboxylic acids is 1. The topological polar surface area (TPSA) is 50.4 Å². The molecule has 2 fully saturated rings. The number of rotatable bonds is 6. The van der Waals surface area contributed by atoms with Gasteiger partial charge < -0.3 is 15.4 Å². The van der Waals surface area contributed by atoms with Crippen LogP contribution in [-0.4, -0.2) is 38.3 Å². The molecule has 2 rings (SSSR count). The van der Waals surface area contributed by atoms with Gasteiger partial charge in [-0.05, 0) is 37.0 Å². The van der Waals surface area contributed by atoms with E-state index in [9.17, 15) is 4.79 Å². The van der Waals surface area contributed by atoms with E-state index in [0.29, 0.717) is 6.04 Å². The molecule has 2 aliphatic rings. The van der Waals surface area contributed by atoms with Crippen LogP contribution in [-0.2, 0) is 9.53 Å². The van der Waals surface area contributed by atoms with Crippen LogP contribution in [0.4, 0.5) is 0 Å². The monoisotopic (exact) mass is 282 g/mol. The molecule has 1 amide bonds. The zero-order valence-electron chi connectivity index (χ0n) is 13.2. The first-order valence-electron chi connectivity index (χ1n) is 8.04. The van der Waals surface area contributed by atoms with Crippen LogP contribution >= 0.6 is 0 Å². The van der Waals surface area contributed by atoms with Crippen molar-refractivity contribution in [3.05, 3.63) is 0 Å². The molecule has 1 saturated carbocycles. The number of amides is 1. The fourth-order valence-electron chi connectivity index (χ4n) is 3.44. The third-order valence-electron chi connectivity index (χ3n) is 4.90. The lowest BCUT2D eigenvalue weighted by molar-refractivity contribution is -0.123. The number of ether oxygens (including phenoxy) is 1. The summed E-state index contributed by atoms with van der Waals surface area (Å²) < 4.78 is 5.12. The summed E-state index contributed by atoms with van der Waals surface area (Å²) in [5, 5.41) is 6.66. The maximum absolute atomic E-state index is 12.3. The summed E-state index contributed by atoms with van der Waals surface area (Å²) in [4.78, 5) is 12.3. The molecule has 20 heavy (non-hydrogen) atoms. The highest BCUT2D eigenvalue weighted by Gasteiger charge is 2.38. The van der Waals surface area contributed by atoms with Crippen molar-refractivity contribution < 1.29 is 9.53 Å². The summed E-state index contributed by atoms with van der Waals surface area (Å²) in [6.45, 7) is 5.82. The molecular formula is C16H30N2O2. The summed E-state index contributed by atoms with van der Waals surface area (Å²) in [5.41, 5.74) is 0.0943. The van der Waals surface area contributed by atoms with Crippen LogP contribution in [0.3, 0.4) is 0 Å². The van der Waals surface area contributed by atoms with Gasteiger partial charge in [-0.15, -0.1) is 0 Å². The Morgan fingerprint density at radius 1 is 1.35 bits per heavy atom. The molecule has 1 aliphatic heterocycles. The largest absolute Gasteiger partial charge is 0.385 e. The predicted octanol–water partition coefficient (Wildman–Crippen LogP) is 2.09. The van der Waals surface area contributed by atoms with Crippen LogP contribution in [0.5, 0.6) is 0 Å². The van der Waals surface area contributed by atoms with Gasteiger partial charge in [0.2, 0.25) is 5.91 Å². The molecule has 3 unspecified atom stereocenters. The van der Waals surface area contributed by atoms with Gasteiger partial charge in [-0.25, -0.2) is 0 Å². The molecular weight excluding hydrogens is 252 g/mol. The zero-order chi connectivity index (χ0) is 14.6. The van der Waals surface area contributed by atoms with E-state index >= 15 is 0 Å². The first kappa shape index (κ1) is 15.8. The summed E-state index contributed by atoms with van der Waals surface area (Å²) in [5.74, 6) is 0.908. The van der Waals surface area contributed by atoms with Crippen molar-refractivity contribution >= 4 is 5.91 Å². The van der Waals surface area contributed by atoms with Crippen molar-refractivity contribution in [2.45, 2.75) is 64.5 Å². The highest BCUT2D eigenvalue weighted by molar-refractivity contribution is 5.82. The van der Waals surface area contributed by atoms with Crippen molar-refractivity contribution in [2.75, 3.05) is 20.3 Å². The summed E-state index contributed by atoms with van der Waals surface area (Å²) in [6.07, 6.45) is 7.17. The van der Waals surface area contributed by atoms with Gasteiger partial charge in [0, 0.05) is 26.3 Å². The molecule has 0 aromatic carbocycles. The first-order valence-corrected chi connectivity index (χ1v) is 8.04. The SMILES string of the molecule is COCCC(C)(C)CNC(=O)C1CC2CCCCC2N1. The molecule has 1 saturated heterocycles. The Morgan fingerprint density at radius 3 is 2.80 bits per heavy atom. The van der Waals surface area contributed by atoms with Crippen LogP contribution < -0.4 is 10.6 Å². The average molecular weight is 282 g/mol. The van der Waals surface area contributed by atoms with E-state index in [1.54, 1.807) is 7.11 Å². The minimum atomic E-state index is 0.0290. The Balaban J connectivity index is 1.75. The molecule has 0 bridgehead atoms. The second-order valence-electron chi connectivity index (χ2n) is 7.23. The molecule has 1 heterocycles. The van der Waals surface area contributed by atoms with E-state index in [-0.39, 0.29) is 17.4 Å². The van der Waals surface area contributed by atoms with Crippen LogP contribution in [0.15, 0.2) is 0 Å². The number of carbonyl (C=O) groups is 1. The van der Waals surface area contributed by atoms with Gasteiger partial charge in [-0.1, -0.05) is 26.7 Å². The van der Waals surface area contributed by atoms with Crippen molar-refractivity contribution in [3.8, 4) is 0 Å². The number of nitrogens with one attached hydrogen (secondary N) is 2. The van der Waals surface area contributed by atoms with E-state index in [1.807, 2.05) is 0 Å². The van der Waals surface area contributed by atoms with E-state index in [2.05, 4.69) is 24.5 Å². The van der Waals surface area contributed by atoms with Gasteiger partial charge >= 0.3 is 0 Å². The van der Waals surface area contributed by atoms with Crippen LogP contribution in [0.25, 0.3) is 0 Å². The zero-order valence-corrected chi connectivity index (χ0v) is 13.2. The number of methoxy groups -OCH3 is 1. The van der Waals surface area contributed by atoms with Crippen LogP contribution in [0, 0.1) is 11.3 Å². The lowest BCUT2D eigenvalue weighted by Crippen LogP contribution is -2.45. The molecule has 0 radical (unpaired) electrons. The predicted molar refractivity (Wildman–Crippen MR) is 80.6 cm³/mol. The molecule has 0 aromatic rings. The van der Waals surface area contributed by atoms with E-state index in [1.165, 1.54) is 25.7 Å². The van der Waals surface area contributed by atoms with E-state index in [0.717, 1.165) is 31.9 Å². The summed E-state index contributed by atoms with van der Waals surface area (Å²) in [6, 6.07) is 0.613. The minimum absolute atomic E-state index is 0.0290. The molecule has 3 atom stereocenters. The molecule has 4 heteroatoms. The molecule has 2 N–H and O–H groups in total. The second kappa shape index (κ2) is 6.90. The molecule has 116 valence electrons. The lowest BCUT2D eigenvalue weighted by Gasteiger charge is -2.25. The van der Waals surface area contributed by atoms with Crippen LogP contribution in [0.1, 0.15) is 52.4 Å². The molecule has 1 aliphatic carbocycles. The molecule has 0 spiro atoms. The Morgan fingerprint density at radius 2 is 2.10 bits per heavy atom. The Labute approximate surface area is 123 Å². The summed E-state index contributed by atoms with van der Waals surface area (Å²) in [7, 11) is 1.72. The summed E-state index contributed by atoms with van der Waals surface area (Å²) >= 11 is 0. The van der Waals surface area contributed by atoms with Gasteiger partial charge in [0.05, 0.1) is 6.04 Å². The van der Waals surface area contributed by atoms with Gasteiger partial charge in [-0.3, -0.25) is 4.79 Å². The highest BCUT2D eigenvalue weighted by atomic mass is 16.5. The van der Waals surface area contributed by atoms with Gasteiger partial charge in [-0.2, -0.15) is 0 Å².